The zero-order valence-electron chi connectivity index (χ0n) is 9.50. The van der Waals surface area contributed by atoms with Gasteiger partial charge in [-0.25, -0.2) is 4.39 Å². The molecule has 0 saturated carbocycles. The first-order valence-corrected chi connectivity index (χ1v) is 6.80. The van der Waals surface area contributed by atoms with Crippen molar-refractivity contribution in [3.8, 4) is 0 Å². The molecule has 0 aliphatic heterocycles. The molecule has 0 aliphatic carbocycles. The van der Waals surface area contributed by atoms with E-state index >= 15 is 0 Å². The molecule has 0 fully saturated rings. The third kappa shape index (κ3) is 2.44. The van der Waals surface area contributed by atoms with Crippen molar-refractivity contribution in [2.24, 2.45) is 0 Å². The molecule has 1 aromatic carbocycles. The number of rotatable bonds is 2. The Labute approximate surface area is 112 Å². The van der Waals surface area contributed by atoms with E-state index in [1.807, 2.05) is 19.9 Å². The second-order valence-corrected chi connectivity index (χ2v) is 6.23. The second kappa shape index (κ2) is 4.88. The van der Waals surface area contributed by atoms with E-state index < -0.39 is 11.9 Å². The first kappa shape index (κ1) is 12.7. The molecule has 1 unspecified atom stereocenters. The molecule has 0 radical (unpaired) electrons. The van der Waals surface area contributed by atoms with Crippen LogP contribution in [0.5, 0.6) is 0 Å². The summed E-state index contributed by atoms with van der Waals surface area (Å²) in [6.07, 6.45) is -0.905. The van der Waals surface area contributed by atoms with Crippen LogP contribution in [0.2, 0.25) is 0 Å². The third-order valence-corrected chi connectivity index (χ3v) is 4.24. The Morgan fingerprint density at radius 2 is 2.00 bits per heavy atom. The molecule has 1 nitrogen and oxygen atoms in total. The van der Waals surface area contributed by atoms with Gasteiger partial charge in [-0.15, -0.1) is 11.3 Å². The number of hydrogen-bond acceptors (Lipinski definition) is 2. The van der Waals surface area contributed by atoms with Crippen molar-refractivity contribution < 1.29 is 9.50 Å². The van der Waals surface area contributed by atoms with Crippen molar-refractivity contribution in [1.82, 2.24) is 0 Å². The van der Waals surface area contributed by atoms with Crippen molar-refractivity contribution >= 4 is 27.3 Å². The fourth-order valence-electron chi connectivity index (χ4n) is 1.82. The highest BCUT2D eigenvalue weighted by molar-refractivity contribution is 9.10. The van der Waals surface area contributed by atoms with Crippen molar-refractivity contribution in [2.45, 2.75) is 20.0 Å². The average molecular weight is 315 g/mol. The van der Waals surface area contributed by atoms with E-state index in [9.17, 15) is 9.50 Å². The van der Waals surface area contributed by atoms with Gasteiger partial charge in [0.15, 0.2) is 0 Å². The molecule has 0 amide bonds. The lowest BCUT2D eigenvalue weighted by atomic mass is 10.0. The first-order valence-electron chi connectivity index (χ1n) is 5.19. The summed E-state index contributed by atoms with van der Waals surface area (Å²) in [5, 5.41) is 10.2. The molecule has 0 bridgehead atoms. The van der Waals surface area contributed by atoms with Crippen LogP contribution >= 0.6 is 27.3 Å². The third-order valence-electron chi connectivity index (χ3n) is 2.65. The fourth-order valence-corrected chi connectivity index (χ4v) is 3.16. The molecule has 1 atom stereocenters. The van der Waals surface area contributed by atoms with E-state index in [4.69, 9.17) is 0 Å². The van der Waals surface area contributed by atoms with Gasteiger partial charge in [-0.1, -0.05) is 12.1 Å². The standard InChI is InChI=1S/C13H12BrFOS/c1-7-6-10(8(2)17-7)13(16)9-4-3-5-11(14)12(9)15/h3-6,13,16H,1-2H3. The highest BCUT2D eigenvalue weighted by Crippen LogP contribution is 2.33. The van der Waals surface area contributed by atoms with Crippen LogP contribution in [0.4, 0.5) is 4.39 Å². The van der Waals surface area contributed by atoms with Gasteiger partial charge in [0.25, 0.3) is 0 Å². The van der Waals surface area contributed by atoms with Crippen LogP contribution in [-0.4, -0.2) is 5.11 Å². The molecule has 17 heavy (non-hydrogen) atoms. The highest BCUT2D eigenvalue weighted by Gasteiger charge is 2.19. The molecular weight excluding hydrogens is 303 g/mol. The van der Waals surface area contributed by atoms with Gasteiger partial charge in [-0.2, -0.15) is 0 Å². The minimum absolute atomic E-state index is 0.306. The van der Waals surface area contributed by atoms with E-state index in [2.05, 4.69) is 15.9 Å². The van der Waals surface area contributed by atoms with Crippen LogP contribution in [0.1, 0.15) is 27.0 Å². The highest BCUT2D eigenvalue weighted by atomic mass is 79.9. The summed E-state index contributed by atoms with van der Waals surface area (Å²) in [5.41, 5.74) is 1.09. The van der Waals surface area contributed by atoms with Crippen LogP contribution in [0.25, 0.3) is 0 Å². The Morgan fingerprint density at radius 3 is 2.59 bits per heavy atom. The van der Waals surface area contributed by atoms with E-state index in [-0.39, 0.29) is 0 Å². The predicted octanol–water partition coefficient (Wildman–Crippen LogP) is 4.35. The van der Waals surface area contributed by atoms with Crippen LogP contribution in [0.15, 0.2) is 28.7 Å². The maximum Gasteiger partial charge on any atom is 0.143 e. The molecule has 4 heteroatoms. The largest absolute Gasteiger partial charge is 0.384 e. The van der Waals surface area contributed by atoms with Gasteiger partial charge in [0, 0.05) is 15.3 Å². The summed E-state index contributed by atoms with van der Waals surface area (Å²) < 4.78 is 14.2. The molecule has 2 rings (SSSR count). The predicted molar refractivity (Wildman–Crippen MR) is 72.0 cm³/mol. The van der Waals surface area contributed by atoms with Gasteiger partial charge in [0.05, 0.1) is 4.47 Å². The summed E-state index contributed by atoms with van der Waals surface area (Å²) in [7, 11) is 0. The number of halogens is 2. The average Bonchev–Trinajstić information content (AvgIpc) is 2.61. The molecule has 0 saturated heterocycles. The molecule has 90 valence electrons. The van der Waals surface area contributed by atoms with Gasteiger partial charge >= 0.3 is 0 Å². The SMILES string of the molecule is Cc1cc(C(O)c2cccc(Br)c2F)c(C)s1. The lowest BCUT2D eigenvalue weighted by Crippen LogP contribution is -2.03. The number of benzene rings is 1. The smallest absolute Gasteiger partial charge is 0.143 e. The first-order chi connectivity index (χ1) is 8.00. The lowest BCUT2D eigenvalue weighted by molar-refractivity contribution is 0.214. The Hall–Kier alpha value is -0.710. The van der Waals surface area contributed by atoms with Gasteiger partial charge in [0.2, 0.25) is 0 Å². The van der Waals surface area contributed by atoms with Gasteiger partial charge in [-0.3, -0.25) is 0 Å². The molecule has 1 N–H and O–H groups in total. The monoisotopic (exact) mass is 314 g/mol. The number of hydrogen-bond donors (Lipinski definition) is 1. The quantitative estimate of drug-likeness (QED) is 0.873. The van der Waals surface area contributed by atoms with Crippen LogP contribution in [0.3, 0.4) is 0 Å². The van der Waals surface area contributed by atoms with Crippen LogP contribution < -0.4 is 0 Å². The van der Waals surface area contributed by atoms with Gasteiger partial charge in [-0.05, 0) is 47.5 Å². The zero-order valence-corrected chi connectivity index (χ0v) is 11.9. The topological polar surface area (TPSA) is 20.2 Å². The molecule has 2 aromatic rings. The number of thiophene rings is 1. The van der Waals surface area contributed by atoms with Crippen molar-refractivity contribution in [1.29, 1.82) is 0 Å². The van der Waals surface area contributed by atoms with E-state index in [1.165, 1.54) is 0 Å². The lowest BCUT2D eigenvalue weighted by Gasteiger charge is -2.12. The maximum absolute atomic E-state index is 13.9. The second-order valence-electron chi connectivity index (χ2n) is 3.91. The number of aliphatic hydroxyl groups excluding tert-OH is 1. The Morgan fingerprint density at radius 1 is 1.29 bits per heavy atom. The Bertz CT molecular complexity index is 550. The van der Waals surface area contributed by atoms with Gasteiger partial charge in [0.1, 0.15) is 11.9 Å². The van der Waals surface area contributed by atoms with Crippen molar-refractivity contribution in [3.63, 3.8) is 0 Å². The summed E-state index contributed by atoms with van der Waals surface area (Å²) in [4.78, 5) is 2.14. The normalized spacial score (nSPS) is 12.8. The van der Waals surface area contributed by atoms with E-state index in [0.29, 0.717) is 10.0 Å². The fraction of sp³-hybridized carbons (Fsp3) is 0.231. The minimum atomic E-state index is -0.905. The van der Waals surface area contributed by atoms with E-state index in [1.54, 1.807) is 29.5 Å². The molecular formula is C13H12BrFOS. The van der Waals surface area contributed by atoms with Crippen molar-refractivity contribution in [2.75, 3.05) is 0 Å². The summed E-state index contributed by atoms with van der Waals surface area (Å²) in [6, 6.07) is 6.86. The molecule has 0 spiro atoms. The van der Waals surface area contributed by atoms with Crippen LogP contribution in [0, 0.1) is 19.7 Å². The molecule has 1 heterocycles. The van der Waals surface area contributed by atoms with Gasteiger partial charge < -0.3 is 5.11 Å². The summed E-state index contributed by atoms with van der Waals surface area (Å²) in [6.45, 7) is 3.91. The summed E-state index contributed by atoms with van der Waals surface area (Å²) >= 11 is 4.74. The van der Waals surface area contributed by atoms with E-state index in [0.717, 1.165) is 15.3 Å². The minimum Gasteiger partial charge on any atom is -0.384 e. The Balaban J connectivity index is 2.47. The molecule has 1 aromatic heterocycles. The molecule has 0 aliphatic rings. The van der Waals surface area contributed by atoms with Crippen molar-refractivity contribution in [3.05, 3.63) is 55.4 Å². The Kier molecular flexibility index (Phi) is 3.66. The summed E-state index contributed by atoms with van der Waals surface area (Å²) in [5.74, 6) is -0.400. The van der Waals surface area contributed by atoms with Crippen LogP contribution in [-0.2, 0) is 0 Å². The number of aryl methyl sites for hydroxylation is 2. The number of aliphatic hydroxyl groups is 1. The maximum atomic E-state index is 13.9. The zero-order chi connectivity index (χ0) is 12.6.